The van der Waals surface area contributed by atoms with Crippen LogP contribution in [0.2, 0.25) is 0 Å². The molecule has 0 aromatic heterocycles. The Hall–Kier alpha value is -1.73. The number of hydrogen-bond donors (Lipinski definition) is 2. The SMILES string of the molecule is COc1ccc(Oc2cccc(Br)c2/C(N)=N/O)c(Br)c1. The van der Waals surface area contributed by atoms with Gasteiger partial charge in [0.25, 0.3) is 0 Å². The van der Waals surface area contributed by atoms with Crippen molar-refractivity contribution in [3.05, 3.63) is 50.9 Å². The van der Waals surface area contributed by atoms with Gasteiger partial charge in [-0.3, -0.25) is 0 Å². The minimum Gasteiger partial charge on any atom is -0.497 e. The van der Waals surface area contributed by atoms with Gasteiger partial charge in [0.05, 0.1) is 17.1 Å². The van der Waals surface area contributed by atoms with E-state index in [1.54, 1.807) is 43.5 Å². The zero-order chi connectivity index (χ0) is 15.4. The maximum atomic E-state index is 8.89. The largest absolute Gasteiger partial charge is 0.497 e. The number of amidine groups is 1. The summed E-state index contributed by atoms with van der Waals surface area (Å²) in [6.45, 7) is 0. The molecule has 0 bridgehead atoms. The molecule has 2 aromatic carbocycles. The van der Waals surface area contributed by atoms with Crippen LogP contribution >= 0.6 is 31.9 Å². The van der Waals surface area contributed by atoms with Gasteiger partial charge in [0, 0.05) is 4.47 Å². The van der Waals surface area contributed by atoms with Crippen LogP contribution in [0.25, 0.3) is 0 Å². The maximum absolute atomic E-state index is 8.89. The number of oxime groups is 1. The molecule has 0 aliphatic carbocycles. The zero-order valence-corrected chi connectivity index (χ0v) is 14.2. The van der Waals surface area contributed by atoms with E-state index >= 15 is 0 Å². The molecule has 0 aliphatic rings. The van der Waals surface area contributed by atoms with Gasteiger partial charge in [0.15, 0.2) is 5.84 Å². The number of benzene rings is 2. The fraction of sp³-hybridized carbons (Fsp3) is 0.0714. The summed E-state index contributed by atoms with van der Waals surface area (Å²) in [4.78, 5) is 0. The Morgan fingerprint density at radius 2 is 1.90 bits per heavy atom. The summed E-state index contributed by atoms with van der Waals surface area (Å²) in [5.74, 6) is 1.72. The Balaban J connectivity index is 2.43. The van der Waals surface area contributed by atoms with Gasteiger partial charge < -0.3 is 20.4 Å². The molecule has 0 saturated carbocycles. The molecule has 2 rings (SSSR count). The van der Waals surface area contributed by atoms with Crippen LogP contribution in [0.15, 0.2) is 50.5 Å². The summed E-state index contributed by atoms with van der Waals surface area (Å²) < 4.78 is 12.4. The van der Waals surface area contributed by atoms with Crippen LogP contribution in [0.1, 0.15) is 5.56 Å². The third-order valence-electron chi connectivity index (χ3n) is 2.70. The lowest BCUT2D eigenvalue weighted by molar-refractivity contribution is 0.318. The highest BCUT2D eigenvalue weighted by molar-refractivity contribution is 9.10. The first-order valence-electron chi connectivity index (χ1n) is 5.84. The average Bonchev–Trinajstić information content (AvgIpc) is 2.48. The Kier molecular flexibility index (Phi) is 5.08. The predicted octanol–water partition coefficient (Wildman–Crippen LogP) is 4.11. The van der Waals surface area contributed by atoms with Crippen LogP contribution in [0.5, 0.6) is 17.2 Å². The maximum Gasteiger partial charge on any atom is 0.175 e. The third kappa shape index (κ3) is 3.48. The molecule has 0 amide bonds. The van der Waals surface area contributed by atoms with E-state index in [0.29, 0.717) is 27.3 Å². The smallest absolute Gasteiger partial charge is 0.175 e. The van der Waals surface area contributed by atoms with E-state index in [1.165, 1.54) is 0 Å². The molecule has 3 N–H and O–H groups in total. The van der Waals surface area contributed by atoms with Gasteiger partial charge in [-0.05, 0) is 62.2 Å². The molecule has 7 heteroatoms. The monoisotopic (exact) mass is 414 g/mol. The van der Waals surface area contributed by atoms with Gasteiger partial charge in [0.2, 0.25) is 0 Å². The average molecular weight is 416 g/mol. The van der Waals surface area contributed by atoms with Crippen molar-refractivity contribution in [1.82, 2.24) is 0 Å². The van der Waals surface area contributed by atoms with Gasteiger partial charge in [-0.15, -0.1) is 0 Å². The molecule has 0 saturated heterocycles. The molecule has 0 spiro atoms. The van der Waals surface area contributed by atoms with Crippen molar-refractivity contribution in [2.24, 2.45) is 10.9 Å². The minimum absolute atomic E-state index is 0.0397. The van der Waals surface area contributed by atoms with E-state index in [-0.39, 0.29) is 5.84 Å². The van der Waals surface area contributed by atoms with Crippen molar-refractivity contribution in [1.29, 1.82) is 0 Å². The predicted molar refractivity (Wildman–Crippen MR) is 87.4 cm³/mol. The van der Waals surface area contributed by atoms with E-state index in [4.69, 9.17) is 20.4 Å². The molecule has 0 heterocycles. The van der Waals surface area contributed by atoms with Crippen LogP contribution in [0, 0.1) is 0 Å². The lowest BCUT2D eigenvalue weighted by Crippen LogP contribution is -2.15. The van der Waals surface area contributed by atoms with E-state index in [9.17, 15) is 0 Å². The Morgan fingerprint density at radius 3 is 2.52 bits per heavy atom. The molecule has 0 fully saturated rings. The molecular formula is C14H12Br2N2O3. The second kappa shape index (κ2) is 6.82. The van der Waals surface area contributed by atoms with E-state index in [0.717, 1.165) is 4.47 Å². The molecule has 0 radical (unpaired) electrons. The highest BCUT2D eigenvalue weighted by Gasteiger charge is 2.14. The molecule has 2 aromatic rings. The van der Waals surface area contributed by atoms with Gasteiger partial charge in [-0.25, -0.2) is 0 Å². The molecule has 110 valence electrons. The summed E-state index contributed by atoms with van der Waals surface area (Å²) in [5, 5.41) is 11.9. The molecule has 0 aliphatic heterocycles. The Bertz CT molecular complexity index is 690. The molecule has 21 heavy (non-hydrogen) atoms. The highest BCUT2D eigenvalue weighted by Crippen LogP contribution is 2.35. The lowest BCUT2D eigenvalue weighted by atomic mass is 10.2. The van der Waals surface area contributed by atoms with Crippen molar-refractivity contribution in [3.63, 3.8) is 0 Å². The van der Waals surface area contributed by atoms with Gasteiger partial charge >= 0.3 is 0 Å². The highest BCUT2D eigenvalue weighted by atomic mass is 79.9. The van der Waals surface area contributed by atoms with Crippen LogP contribution in [0.3, 0.4) is 0 Å². The van der Waals surface area contributed by atoms with Crippen LogP contribution < -0.4 is 15.2 Å². The topological polar surface area (TPSA) is 77.1 Å². The zero-order valence-electron chi connectivity index (χ0n) is 11.0. The first-order chi connectivity index (χ1) is 10.1. The van der Waals surface area contributed by atoms with E-state index in [1.807, 2.05) is 0 Å². The summed E-state index contributed by atoms with van der Waals surface area (Å²) >= 11 is 6.77. The van der Waals surface area contributed by atoms with Crippen LogP contribution in [0.4, 0.5) is 0 Å². The number of rotatable bonds is 4. The van der Waals surface area contributed by atoms with Crippen LogP contribution in [-0.4, -0.2) is 18.2 Å². The fourth-order valence-corrected chi connectivity index (χ4v) is 2.69. The van der Waals surface area contributed by atoms with Gasteiger partial charge in [0.1, 0.15) is 17.2 Å². The Morgan fingerprint density at radius 1 is 1.14 bits per heavy atom. The van der Waals surface area contributed by atoms with Crippen LogP contribution in [-0.2, 0) is 0 Å². The molecular weight excluding hydrogens is 404 g/mol. The van der Waals surface area contributed by atoms with Crippen molar-refractivity contribution in [2.75, 3.05) is 7.11 Å². The number of nitrogens with two attached hydrogens (primary N) is 1. The summed E-state index contributed by atoms with van der Waals surface area (Å²) in [5.41, 5.74) is 6.17. The minimum atomic E-state index is -0.0397. The molecule has 0 atom stereocenters. The summed E-state index contributed by atoms with van der Waals surface area (Å²) in [6, 6.07) is 10.6. The first kappa shape index (κ1) is 15.7. The first-order valence-corrected chi connectivity index (χ1v) is 7.43. The van der Waals surface area contributed by atoms with E-state index in [2.05, 4.69) is 37.0 Å². The van der Waals surface area contributed by atoms with Gasteiger partial charge in [-0.2, -0.15) is 0 Å². The lowest BCUT2D eigenvalue weighted by Gasteiger charge is -2.13. The Labute approximate surface area is 138 Å². The van der Waals surface area contributed by atoms with Crippen molar-refractivity contribution >= 4 is 37.7 Å². The number of ether oxygens (including phenoxy) is 2. The third-order valence-corrected chi connectivity index (χ3v) is 3.98. The normalized spacial score (nSPS) is 11.3. The van der Waals surface area contributed by atoms with Gasteiger partial charge in [-0.1, -0.05) is 11.2 Å². The molecule has 5 nitrogen and oxygen atoms in total. The van der Waals surface area contributed by atoms with Crippen molar-refractivity contribution in [2.45, 2.75) is 0 Å². The standard InChI is InChI=1S/C14H12Br2N2O3/c1-20-8-5-6-11(10(16)7-8)21-12-4-2-3-9(15)13(12)14(17)18-19/h2-7,19H,1H3,(H2,17,18). The number of nitrogens with zero attached hydrogens (tertiary/aromatic N) is 1. The second-order valence-electron chi connectivity index (χ2n) is 4.00. The number of halogens is 2. The summed E-state index contributed by atoms with van der Waals surface area (Å²) in [7, 11) is 1.59. The van der Waals surface area contributed by atoms with Crippen molar-refractivity contribution in [3.8, 4) is 17.2 Å². The van der Waals surface area contributed by atoms with E-state index < -0.39 is 0 Å². The van der Waals surface area contributed by atoms with Crippen molar-refractivity contribution < 1.29 is 14.7 Å². The quantitative estimate of drug-likeness (QED) is 0.341. The summed E-state index contributed by atoms with van der Waals surface area (Å²) in [6.07, 6.45) is 0. The second-order valence-corrected chi connectivity index (χ2v) is 5.71. The fourth-order valence-electron chi connectivity index (χ4n) is 1.70. The molecule has 0 unspecified atom stereocenters. The number of methoxy groups -OCH3 is 1. The number of hydrogen-bond acceptors (Lipinski definition) is 4.